The first-order valence-corrected chi connectivity index (χ1v) is 12.9. The van der Waals surface area contributed by atoms with Gasteiger partial charge in [-0.15, -0.1) is 0 Å². The number of carbonyl (C=O) groups is 2. The zero-order chi connectivity index (χ0) is 27.3. The molecule has 2 aromatic carbocycles. The van der Waals surface area contributed by atoms with Crippen LogP contribution in [0.2, 0.25) is 0 Å². The van der Waals surface area contributed by atoms with E-state index in [1.807, 2.05) is 12.1 Å². The summed E-state index contributed by atoms with van der Waals surface area (Å²) in [6, 6.07) is 10.2. The number of halogens is 3. The number of ether oxygens (including phenoxy) is 2. The van der Waals surface area contributed by atoms with Crippen molar-refractivity contribution in [1.82, 2.24) is 4.90 Å². The van der Waals surface area contributed by atoms with Crippen LogP contribution in [0.5, 0.6) is 0 Å². The summed E-state index contributed by atoms with van der Waals surface area (Å²) in [6.07, 6.45) is -3.51. The Morgan fingerprint density at radius 1 is 1.05 bits per heavy atom. The van der Waals surface area contributed by atoms with Gasteiger partial charge in [-0.1, -0.05) is 23.9 Å². The van der Waals surface area contributed by atoms with Gasteiger partial charge in [0.2, 0.25) is 0 Å². The molecule has 1 fully saturated rings. The zero-order valence-electron chi connectivity index (χ0n) is 20.8. The van der Waals surface area contributed by atoms with Gasteiger partial charge in [-0.2, -0.15) is 13.2 Å². The molecule has 12 heteroatoms. The van der Waals surface area contributed by atoms with Crippen molar-refractivity contribution in [3.05, 3.63) is 70.9 Å². The second-order valence-corrected chi connectivity index (χ2v) is 9.66. The smallest absolute Gasteiger partial charge is 0.416 e. The van der Waals surface area contributed by atoms with Crippen LogP contribution in [-0.2, 0) is 20.4 Å². The van der Waals surface area contributed by atoms with Gasteiger partial charge in [-0.3, -0.25) is 0 Å². The first kappa shape index (κ1) is 27.5. The van der Waals surface area contributed by atoms with Crippen LogP contribution in [0.4, 0.5) is 29.3 Å². The highest BCUT2D eigenvalue weighted by Crippen LogP contribution is 2.40. The van der Waals surface area contributed by atoms with Crippen molar-refractivity contribution < 1.29 is 32.2 Å². The molecule has 0 bridgehead atoms. The van der Waals surface area contributed by atoms with E-state index in [0.717, 1.165) is 41.6 Å². The third-order valence-electron chi connectivity index (χ3n) is 5.95. The predicted molar refractivity (Wildman–Crippen MR) is 140 cm³/mol. The normalized spacial score (nSPS) is 17.4. The number of benzene rings is 2. The van der Waals surface area contributed by atoms with E-state index in [-0.39, 0.29) is 18.9 Å². The molecule has 1 atom stereocenters. The van der Waals surface area contributed by atoms with Crippen LogP contribution < -0.4 is 10.6 Å². The van der Waals surface area contributed by atoms with E-state index in [4.69, 9.17) is 9.47 Å². The number of rotatable bonds is 7. The van der Waals surface area contributed by atoms with Crippen LogP contribution in [0.15, 0.2) is 64.8 Å². The average molecular weight is 549 g/mol. The van der Waals surface area contributed by atoms with Crippen molar-refractivity contribution >= 4 is 40.3 Å². The summed E-state index contributed by atoms with van der Waals surface area (Å²) in [4.78, 5) is 32.2. The Bertz CT molecular complexity index is 1230. The van der Waals surface area contributed by atoms with Gasteiger partial charge in [0.15, 0.2) is 5.17 Å². The number of nitrogens with zero attached hydrogens (tertiary/aromatic N) is 2. The van der Waals surface area contributed by atoms with Crippen molar-refractivity contribution in [1.29, 1.82) is 0 Å². The van der Waals surface area contributed by atoms with Gasteiger partial charge in [0.25, 0.3) is 0 Å². The largest absolute Gasteiger partial charge is 0.460 e. The Labute approximate surface area is 222 Å². The maximum atomic E-state index is 13.0. The number of hydrogen-bond acceptors (Lipinski definition) is 7. The molecule has 38 heavy (non-hydrogen) atoms. The lowest BCUT2D eigenvalue weighted by Gasteiger charge is -2.40. The molecular weight excluding hydrogens is 521 g/mol. The van der Waals surface area contributed by atoms with Gasteiger partial charge in [0, 0.05) is 30.8 Å². The van der Waals surface area contributed by atoms with Crippen molar-refractivity contribution in [2.75, 3.05) is 43.3 Å². The van der Waals surface area contributed by atoms with Crippen molar-refractivity contribution in [3.63, 3.8) is 0 Å². The van der Waals surface area contributed by atoms with Crippen LogP contribution in [0.3, 0.4) is 0 Å². The lowest BCUT2D eigenvalue weighted by atomic mass is 9.94. The summed E-state index contributed by atoms with van der Waals surface area (Å²) >= 11 is 1.64. The molecular formula is C26H27F3N4O4S. The third kappa shape index (κ3) is 6.48. The Morgan fingerprint density at radius 2 is 1.68 bits per heavy atom. The minimum absolute atomic E-state index is 0.126. The molecule has 0 saturated carbocycles. The number of urea groups is 1. The maximum Gasteiger partial charge on any atom is 0.416 e. The van der Waals surface area contributed by atoms with Crippen LogP contribution in [0.1, 0.15) is 30.5 Å². The number of fused-ring (bicyclic) bond motifs is 1. The molecule has 2 amide bonds. The summed E-state index contributed by atoms with van der Waals surface area (Å²) in [5.74, 6) is 0.487. The lowest BCUT2D eigenvalue weighted by molar-refractivity contribution is -0.141. The van der Waals surface area contributed by atoms with E-state index in [1.165, 1.54) is 19.2 Å². The van der Waals surface area contributed by atoms with Crippen molar-refractivity contribution in [2.24, 2.45) is 4.99 Å². The Morgan fingerprint density at radius 3 is 2.29 bits per heavy atom. The van der Waals surface area contributed by atoms with Crippen molar-refractivity contribution in [2.45, 2.75) is 25.6 Å². The first-order chi connectivity index (χ1) is 18.2. The van der Waals surface area contributed by atoms with E-state index in [1.54, 1.807) is 30.8 Å². The molecule has 4 rings (SSSR count). The molecule has 2 heterocycles. The highest BCUT2D eigenvalue weighted by Gasteiger charge is 2.38. The van der Waals surface area contributed by atoms with Crippen LogP contribution in [-0.4, -0.2) is 54.7 Å². The molecule has 8 nitrogen and oxygen atoms in total. The van der Waals surface area contributed by atoms with Crippen molar-refractivity contribution in [3.8, 4) is 0 Å². The second-order valence-electron chi connectivity index (χ2n) is 8.60. The SMILES string of the molecule is COCCOC(=O)C1=C(C)N=C2SCCCN2[C@@H]1c1ccc(NC(=O)Nc2ccc(C(F)(F)F)cc2)cc1. The van der Waals surface area contributed by atoms with Crippen LogP contribution >= 0.6 is 11.8 Å². The minimum atomic E-state index is -4.45. The molecule has 0 aliphatic carbocycles. The van der Waals surface area contributed by atoms with Crippen LogP contribution in [0, 0.1) is 0 Å². The number of hydrogen-bond donors (Lipinski definition) is 2. The third-order valence-corrected chi connectivity index (χ3v) is 7.03. The van der Waals surface area contributed by atoms with E-state index >= 15 is 0 Å². The predicted octanol–water partition coefficient (Wildman–Crippen LogP) is 5.66. The summed E-state index contributed by atoms with van der Waals surface area (Å²) in [5.41, 5.74) is 1.77. The number of aliphatic imine (C=N–C) groups is 1. The molecule has 2 N–H and O–H groups in total. The highest BCUT2D eigenvalue weighted by molar-refractivity contribution is 8.13. The number of alkyl halides is 3. The Balaban J connectivity index is 1.49. The van der Waals surface area contributed by atoms with E-state index < -0.39 is 29.8 Å². The molecule has 2 aliphatic rings. The zero-order valence-corrected chi connectivity index (χ0v) is 21.6. The Kier molecular flexibility index (Phi) is 8.62. The molecule has 2 aliphatic heterocycles. The summed E-state index contributed by atoms with van der Waals surface area (Å²) < 4.78 is 48.6. The number of amidine groups is 1. The van der Waals surface area contributed by atoms with Gasteiger partial charge in [-0.25, -0.2) is 14.6 Å². The van der Waals surface area contributed by atoms with E-state index in [9.17, 15) is 22.8 Å². The number of anilines is 2. The van der Waals surface area contributed by atoms with Gasteiger partial charge in [-0.05, 0) is 55.3 Å². The molecule has 0 unspecified atom stereocenters. The number of thioether (sulfide) groups is 1. The van der Waals surface area contributed by atoms with Gasteiger partial charge < -0.3 is 25.0 Å². The van der Waals surface area contributed by atoms with Gasteiger partial charge in [0.05, 0.1) is 29.5 Å². The summed E-state index contributed by atoms with van der Waals surface area (Å²) in [7, 11) is 1.53. The average Bonchev–Trinajstić information content (AvgIpc) is 2.88. The van der Waals surface area contributed by atoms with E-state index in [0.29, 0.717) is 17.0 Å². The fraction of sp³-hybridized carbons (Fsp3) is 0.346. The minimum Gasteiger partial charge on any atom is -0.460 e. The summed E-state index contributed by atoms with van der Waals surface area (Å²) in [5, 5.41) is 6.03. The van der Waals surface area contributed by atoms with Gasteiger partial charge in [0.1, 0.15) is 6.61 Å². The highest BCUT2D eigenvalue weighted by atomic mass is 32.2. The fourth-order valence-electron chi connectivity index (χ4n) is 4.16. The maximum absolute atomic E-state index is 13.0. The van der Waals surface area contributed by atoms with E-state index in [2.05, 4.69) is 20.5 Å². The standard InChI is InChI=1S/C26H27F3N4O4S/c1-16-21(23(34)37-14-13-36-2)22(33-12-3-15-38-25(33)30-16)17-4-8-19(9-5-17)31-24(35)32-20-10-6-18(7-11-20)26(27,28)29/h4-11,22H,3,12-15H2,1-2H3,(H2,31,32,35)/t22-/m1/s1. The number of methoxy groups -OCH3 is 1. The number of allylic oxidation sites excluding steroid dienone is 1. The molecule has 0 aromatic heterocycles. The number of amides is 2. The number of esters is 1. The van der Waals surface area contributed by atoms with Crippen LogP contribution in [0.25, 0.3) is 0 Å². The molecule has 202 valence electrons. The first-order valence-electron chi connectivity index (χ1n) is 11.9. The molecule has 2 aromatic rings. The molecule has 0 radical (unpaired) electrons. The lowest BCUT2D eigenvalue weighted by Crippen LogP contribution is -2.42. The summed E-state index contributed by atoms with van der Waals surface area (Å²) in [6.45, 7) is 2.93. The number of carbonyl (C=O) groups excluding carboxylic acids is 2. The monoisotopic (exact) mass is 548 g/mol. The quantitative estimate of drug-likeness (QED) is 0.343. The second kappa shape index (κ2) is 11.9. The van der Waals surface area contributed by atoms with Gasteiger partial charge >= 0.3 is 18.2 Å². The topological polar surface area (TPSA) is 92.3 Å². The molecule has 0 spiro atoms. The fourth-order valence-corrected chi connectivity index (χ4v) is 5.18. The Hall–Kier alpha value is -3.51. The molecule has 1 saturated heterocycles. The number of nitrogens with one attached hydrogen (secondary N) is 2.